The Morgan fingerprint density at radius 1 is 1.17 bits per heavy atom. The molecule has 3 aliphatic heterocycles. The number of hydrogen-bond acceptors (Lipinski definition) is 6. The van der Waals surface area contributed by atoms with Gasteiger partial charge in [-0.05, 0) is 24.1 Å². The summed E-state index contributed by atoms with van der Waals surface area (Å²) >= 11 is 0. The molecular weight excluding hydrogens is 446 g/mol. The largest absolute Gasteiger partial charge is 0.497 e. The van der Waals surface area contributed by atoms with Crippen LogP contribution < -0.4 is 9.64 Å². The second-order valence-electron chi connectivity index (χ2n) is 8.99. The molecule has 35 heavy (non-hydrogen) atoms. The van der Waals surface area contributed by atoms with Gasteiger partial charge in [-0.15, -0.1) is 0 Å². The van der Waals surface area contributed by atoms with Gasteiger partial charge in [-0.1, -0.05) is 36.4 Å². The van der Waals surface area contributed by atoms with Gasteiger partial charge in [-0.3, -0.25) is 9.59 Å². The summed E-state index contributed by atoms with van der Waals surface area (Å²) in [6.07, 6.45) is 2.20. The minimum absolute atomic E-state index is 0.0745. The van der Waals surface area contributed by atoms with Crippen LogP contribution in [0.5, 0.6) is 5.75 Å². The van der Waals surface area contributed by atoms with Gasteiger partial charge in [0.25, 0.3) is 5.91 Å². The highest BCUT2D eigenvalue weighted by molar-refractivity contribution is 6.25. The van der Waals surface area contributed by atoms with Crippen LogP contribution in [0.4, 0.5) is 10.5 Å². The predicted molar refractivity (Wildman–Crippen MR) is 126 cm³/mol. The lowest BCUT2D eigenvalue weighted by Crippen LogP contribution is -2.55. The summed E-state index contributed by atoms with van der Waals surface area (Å²) in [6.45, 7) is 0.406. The topological polar surface area (TPSA) is 107 Å². The second-order valence-corrected chi connectivity index (χ2v) is 8.99. The molecule has 1 aromatic heterocycles. The number of piperazine rings is 1. The van der Waals surface area contributed by atoms with Gasteiger partial charge in [-0.25, -0.2) is 14.7 Å². The van der Waals surface area contributed by atoms with Crippen LogP contribution in [-0.4, -0.2) is 64.4 Å². The van der Waals surface area contributed by atoms with E-state index in [4.69, 9.17) is 4.74 Å². The SMILES string of the molecule is COc1cccc(CC(=O)N2CC3CC2[C@H]2C(=O)N(c4cnc(C#N)c5ccccc45)C(=O)N32)c1. The number of imide groups is 1. The number of nitrogens with zero attached hydrogens (tertiary/aromatic N) is 5. The van der Waals surface area contributed by atoms with Crippen LogP contribution in [-0.2, 0) is 16.0 Å². The number of carbonyl (C=O) groups is 3. The van der Waals surface area contributed by atoms with Crippen molar-refractivity contribution in [2.75, 3.05) is 18.6 Å². The van der Waals surface area contributed by atoms with Gasteiger partial charge in [0.1, 0.15) is 23.6 Å². The van der Waals surface area contributed by atoms with Crippen molar-refractivity contribution in [1.82, 2.24) is 14.8 Å². The van der Waals surface area contributed by atoms with E-state index in [1.54, 1.807) is 41.2 Å². The van der Waals surface area contributed by atoms with Crippen LogP contribution in [0.1, 0.15) is 17.7 Å². The fourth-order valence-corrected chi connectivity index (χ4v) is 5.67. The zero-order valence-corrected chi connectivity index (χ0v) is 18.9. The molecule has 0 aliphatic carbocycles. The van der Waals surface area contributed by atoms with Gasteiger partial charge in [0.05, 0.1) is 37.5 Å². The predicted octanol–water partition coefficient (Wildman–Crippen LogP) is 2.48. The molecule has 4 amide bonds. The number of carbonyl (C=O) groups excluding carboxylic acids is 3. The van der Waals surface area contributed by atoms with Crippen LogP contribution in [0.15, 0.2) is 54.7 Å². The maximum Gasteiger partial charge on any atom is 0.332 e. The number of rotatable bonds is 4. The molecule has 3 aromatic rings. The van der Waals surface area contributed by atoms with Gasteiger partial charge < -0.3 is 14.5 Å². The molecule has 6 rings (SSSR count). The quantitative estimate of drug-likeness (QED) is 0.546. The first kappa shape index (κ1) is 21.1. The molecule has 3 saturated heterocycles. The summed E-state index contributed by atoms with van der Waals surface area (Å²) < 4.78 is 5.25. The first-order chi connectivity index (χ1) is 17.0. The van der Waals surface area contributed by atoms with E-state index in [2.05, 4.69) is 11.1 Å². The molecule has 0 saturated carbocycles. The highest BCUT2D eigenvalue weighted by atomic mass is 16.5. The minimum Gasteiger partial charge on any atom is -0.497 e. The average Bonchev–Trinajstić information content (AvgIpc) is 3.55. The third-order valence-electron chi connectivity index (χ3n) is 7.20. The Morgan fingerprint density at radius 2 is 1.97 bits per heavy atom. The Kier molecular flexibility index (Phi) is 4.71. The van der Waals surface area contributed by atoms with Crippen molar-refractivity contribution < 1.29 is 19.1 Å². The monoisotopic (exact) mass is 467 g/mol. The number of pyridine rings is 1. The Balaban J connectivity index is 1.30. The normalized spacial score (nSPS) is 22.6. The molecule has 3 aliphatic rings. The Morgan fingerprint density at radius 3 is 2.74 bits per heavy atom. The van der Waals surface area contributed by atoms with Crippen molar-refractivity contribution in [3.8, 4) is 11.8 Å². The molecule has 0 N–H and O–H groups in total. The molecule has 0 spiro atoms. The molecule has 9 heteroatoms. The lowest BCUT2D eigenvalue weighted by atomic mass is 10.1. The minimum atomic E-state index is -0.718. The Labute approximate surface area is 201 Å². The molecule has 9 nitrogen and oxygen atoms in total. The number of likely N-dealkylation sites (tertiary alicyclic amines) is 1. The van der Waals surface area contributed by atoms with E-state index in [-0.39, 0.29) is 36.0 Å². The van der Waals surface area contributed by atoms with Gasteiger partial charge in [0, 0.05) is 17.3 Å². The van der Waals surface area contributed by atoms with Crippen LogP contribution in [0.2, 0.25) is 0 Å². The van der Waals surface area contributed by atoms with Gasteiger partial charge in [0.15, 0.2) is 0 Å². The van der Waals surface area contributed by atoms with Crippen LogP contribution in [0.3, 0.4) is 0 Å². The smallest absolute Gasteiger partial charge is 0.332 e. The molecule has 3 atom stereocenters. The molecule has 3 fully saturated rings. The van der Waals surface area contributed by atoms with E-state index in [9.17, 15) is 19.6 Å². The zero-order chi connectivity index (χ0) is 24.3. The van der Waals surface area contributed by atoms with Crippen molar-refractivity contribution in [3.05, 3.63) is 66.0 Å². The highest BCUT2D eigenvalue weighted by Gasteiger charge is 2.63. The number of ether oxygens (including phenoxy) is 1. The number of anilines is 1. The standard InChI is InChI=1S/C26H21N5O4/c1-35-17-6-4-5-15(9-17)10-23(32)29-14-16-11-21(29)24-25(33)31(26(34)30(16)24)22-13-28-20(12-27)18-7-2-3-8-19(18)22/h2-9,13,16,21,24H,10-11,14H2,1H3/t16?,21?,24-/m0/s1. The van der Waals surface area contributed by atoms with E-state index in [0.29, 0.717) is 35.2 Å². The summed E-state index contributed by atoms with van der Waals surface area (Å²) in [7, 11) is 1.58. The number of amides is 4. The summed E-state index contributed by atoms with van der Waals surface area (Å²) in [6, 6.07) is 14.8. The first-order valence-corrected chi connectivity index (χ1v) is 11.4. The maximum atomic E-state index is 13.6. The van der Waals surface area contributed by atoms with Gasteiger partial charge >= 0.3 is 6.03 Å². The average molecular weight is 467 g/mol. The van der Waals surface area contributed by atoms with E-state index < -0.39 is 12.1 Å². The fraction of sp³-hybridized carbons (Fsp3) is 0.269. The number of fused-ring (bicyclic) bond motifs is 6. The van der Waals surface area contributed by atoms with Crippen molar-refractivity contribution in [2.45, 2.75) is 31.0 Å². The fourth-order valence-electron chi connectivity index (χ4n) is 5.67. The number of hydrogen-bond donors (Lipinski definition) is 0. The van der Waals surface area contributed by atoms with Crippen molar-refractivity contribution in [1.29, 1.82) is 5.26 Å². The van der Waals surface area contributed by atoms with Gasteiger partial charge in [0.2, 0.25) is 5.91 Å². The van der Waals surface area contributed by atoms with Crippen LogP contribution >= 0.6 is 0 Å². The molecule has 174 valence electrons. The van der Waals surface area contributed by atoms with Crippen molar-refractivity contribution in [3.63, 3.8) is 0 Å². The van der Waals surface area contributed by atoms with E-state index in [0.717, 1.165) is 10.5 Å². The molecule has 2 bridgehead atoms. The zero-order valence-electron chi connectivity index (χ0n) is 18.9. The number of nitriles is 1. The first-order valence-electron chi connectivity index (χ1n) is 11.4. The summed E-state index contributed by atoms with van der Waals surface area (Å²) in [5, 5.41) is 10.6. The molecule has 4 heterocycles. The number of aromatic nitrogens is 1. The van der Waals surface area contributed by atoms with Crippen LogP contribution in [0.25, 0.3) is 10.8 Å². The van der Waals surface area contributed by atoms with Crippen molar-refractivity contribution >= 4 is 34.3 Å². The summed E-state index contributed by atoms with van der Waals surface area (Å²) in [5.74, 6) is 0.243. The molecular formula is C26H21N5O4. The molecule has 2 unspecified atom stereocenters. The number of urea groups is 1. The number of benzene rings is 2. The van der Waals surface area contributed by atoms with Crippen molar-refractivity contribution in [2.24, 2.45) is 0 Å². The third kappa shape index (κ3) is 3.06. The van der Waals surface area contributed by atoms with Gasteiger partial charge in [-0.2, -0.15) is 5.26 Å². The molecule has 0 radical (unpaired) electrons. The summed E-state index contributed by atoms with van der Waals surface area (Å²) in [4.78, 5) is 49.0. The number of methoxy groups -OCH3 is 1. The Hall–Kier alpha value is -4.45. The van der Waals surface area contributed by atoms with E-state index >= 15 is 0 Å². The lowest BCUT2D eigenvalue weighted by Gasteiger charge is -2.35. The Bertz CT molecular complexity index is 1450. The second kappa shape index (κ2) is 7.81. The summed E-state index contributed by atoms with van der Waals surface area (Å²) in [5.41, 5.74) is 1.43. The maximum absolute atomic E-state index is 13.6. The highest BCUT2D eigenvalue weighted by Crippen LogP contribution is 2.43. The molecule has 2 aromatic carbocycles. The third-order valence-corrected chi connectivity index (χ3v) is 7.20. The lowest BCUT2D eigenvalue weighted by molar-refractivity contribution is -0.135. The van der Waals surface area contributed by atoms with Crippen LogP contribution in [0, 0.1) is 11.3 Å². The van der Waals surface area contributed by atoms with E-state index in [1.807, 2.05) is 24.3 Å². The van der Waals surface area contributed by atoms with E-state index in [1.165, 1.54) is 6.20 Å².